The molecule has 2 N–H and O–H groups in total. The number of amides is 1. The van der Waals surface area contributed by atoms with Crippen LogP contribution in [0.25, 0.3) is 0 Å². The highest BCUT2D eigenvalue weighted by Gasteiger charge is 2.17. The normalized spacial score (nSPS) is 16.1. The molecule has 2 heterocycles. The van der Waals surface area contributed by atoms with Crippen molar-refractivity contribution in [1.29, 1.82) is 0 Å². The Morgan fingerprint density at radius 2 is 2.21 bits per heavy atom. The first-order valence-electron chi connectivity index (χ1n) is 9.15. The molecule has 0 spiro atoms. The predicted molar refractivity (Wildman–Crippen MR) is 99.3 cm³/mol. The number of aliphatic hydroxyl groups is 1. The zero-order valence-corrected chi connectivity index (χ0v) is 15.4. The van der Waals surface area contributed by atoms with Crippen LogP contribution in [0.15, 0.2) is 41.3 Å². The number of nitrogens with zero attached hydrogens (tertiary/aromatic N) is 1. The molecule has 0 aliphatic carbocycles. The number of halogens is 1. The average Bonchev–Trinajstić information content (AvgIpc) is 3.21. The van der Waals surface area contributed by atoms with Crippen molar-refractivity contribution in [2.75, 3.05) is 13.2 Å². The Bertz CT molecular complexity index is 877. The number of nitrogens with one attached hydrogen (secondary N) is 1. The van der Waals surface area contributed by atoms with Crippen molar-refractivity contribution in [2.45, 2.75) is 38.7 Å². The van der Waals surface area contributed by atoms with E-state index in [1.54, 1.807) is 18.2 Å². The molecule has 3 rings (SSSR count). The number of benzene rings is 1. The van der Waals surface area contributed by atoms with Gasteiger partial charge in [-0.1, -0.05) is 18.2 Å². The van der Waals surface area contributed by atoms with E-state index in [9.17, 15) is 19.1 Å². The quantitative estimate of drug-likeness (QED) is 0.710. The minimum Gasteiger partial charge on any atom is -0.483 e. The molecule has 2 aromatic rings. The van der Waals surface area contributed by atoms with Crippen molar-refractivity contribution in [3.8, 4) is 5.75 Å². The van der Waals surface area contributed by atoms with Crippen molar-refractivity contribution in [2.24, 2.45) is 0 Å². The number of hydrogen-bond donors (Lipinski definition) is 2. The molecule has 1 amide bonds. The lowest BCUT2D eigenvalue weighted by Gasteiger charge is -2.15. The van der Waals surface area contributed by atoms with Crippen molar-refractivity contribution in [1.82, 2.24) is 9.88 Å². The Labute approximate surface area is 161 Å². The first kappa shape index (κ1) is 20.0. The Hall–Kier alpha value is -2.71. The van der Waals surface area contributed by atoms with Gasteiger partial charge < -0.3 is 24.5 Å². The van der Waals surface area contributed by atoms with E-state index in [2.05, 4.69) is 5.32 Å². The lowest BCUT2D eigenvalue weighted by atomic mass is 10.2. The summed E-state index contributed by atoms with van der Waals surface area (Å²) in [6, 6.07) is 7.33. The van der Waals surface area contributed by atoms with Gasteiger partial charge in [0.2, 0.25) is 11.3 Å². The second kappa shape index (κ2) is 9.48. The van der Waals surface area contributed by atoms with E-state index < -0.39 is 17.9 Å². The van der Waals surface area contributed by atoms with Gasteiger partial charge in [0.1, 0.15) is 19.0 Å². The van der Waals surface area contributed by atoms with Gasteiger partial charge in [0.15, 0.2) is 5.75 Å². The fourth-order valence-corrected chi connectivity index (χ4v) is 3.00. The van der Waals surface area contributed by atoms with Gasteiger partial charge in [-0.05, 0) is 18.9 Å². The third-order valence-corrected chi connectivity index (χ3v) is 4.55. The van der Waals surface area contributed by atoms with Gasteiger partial charge in [-0.3, -0.25) is 9.59 Å². The topological polar surface area (TPSA) is 89.8 Å². The van der Waals surface area contributed by atoms with Crippen molar-refractivity contribution in [3.05, 3.63) is 63.8 Å². The van der Waals surface area contributed by atoms with E-state index in [0.717, 1.165) is 12.8 Å². The van der Waals surface area contributed by atoms with Crippen molar-refractivity contribution < 1.29 is 23.8 Å². The molecule has 0 saturated carbocycles. The van der Waals surface area contributed by atoms with E-state index in [1.807, 2.05) is 0 Å². The summed E-state index contributed by atoms with van der Waals surface area (Å²) in [5, 5.41) is 12.3. The number of aromatic nitrogens is 1. The summed E-state index contributed by atoms with van der Waals surface area (Å²) < 4.78 is 26.1. The van der Waals surface area contributed by atoms with Crippen LogP contribution in [0.1, 0.15) is 24.1 Å². The maximum Gasteiger partial charge on any atom is 0.240 e. The number of pyridine rings is 1. The van der Waals surface area contributed by atoms with Gasteiger partial charge in [-0.25, -0.2) is 4.39 Å². The molecule has 7 nitrogen and oxygen atoms in total. The molecule has 150 valence electrons. The zero-order valence-electron chi connectivity index (χ0n) is 15.4. The second-order valence-electron chi connectivity index (χ2n) is 6.60. The Morgan fingerprint density at radius 3 is 2.93 bits per heavy atom. The maximum absolute atomic E-state index is 13.7. The molecule has 28 heavy (non-hydrogen) atoms. The number of ether oxygens (including phenoxy) is 2. The molecule has 1 saturated heterocycles. The smallest absolute Gasteiger partial charge is 0.240 e. The van der Waals surface area contributed by atoms with E-state index in [4.69, 9.17) is 9.47 Å². The number of hydrogen-bond acceptors (Lipinski definition) is 5. The van der Waals surface area contributed by atoms with Gasteiger partial charge in [0.05, 0.1) is 18.9 Å². The molecular formula is C20H23FN2O5. The standard InChI is InChI=1S/C20H23FN2O5/c21-17-6-2-1-4-14(17)13-28-19-10-23(15(12-24)8-18(19)25)11-20(26)22-9-16-5-3-7-27-16/h1-2,4,6,8,10,16,24H,3,5,7,9,11-13H2,(H,22,26). The molecule has 0 radical (unpaired) electrons. The Balaban J connectivity index is 1.67. The van der Waals surface area contributed by atoms with Gasteiger partial charge in [-0.15, -0.1) is 0 Å². The lowest BCUT2D eigenvalue weighted by Crippen LogP contribution is -2.34. The fraction of sp³-hybridized carbons (Fsp3) is 0.400. The molecule has 0 bridgehead atoms. The van der Waals surface area contributed by atoms with Crippen LogP contribution < -0.4 is 15.5 Å². The monoisotopic (exact) mass is 390 g/mol. The Kier molecular flexibility index (Phi) is 6.78. The highest BCUT2D eigenvalue weighted by Crippen LogP contribution is 2.13. The van der Waals surface area contributed by atoms with Gasteiger partial charge in [-0.2, -0.15) is 0 Å². The number of carbonyl (C=O) groups excluding carboxylic acids is 1. The van der Waals surface area contributed by atoms with Crippen LogP contribution in [0.2, 0.25) is 0 Å². The third kappa shape index (κ3) is 5.17. The van der Waals surface area contributed by atoms with Gasteiger partial charge in [0.25, 0.3) is 0 Å². The summed E-state index contributed by atoms with van der Waals surface area (Å²) in [5.74, 6) is -0.718. The molecular weight excluding hydrogens is 367 g/mol. The average molecular weight is 390 g/mol. The van der Waals surface area contributed by atoms with Crippen LogP contribution >= 0.6 is 0 Å². The largest absolute Gasteiger partial charge is 0.483 e. The summed E-state index contributed by atoms with van der Waals surface area (Å²) >= 11 is 0. The number of rotatable bonds is 8. The SMILES string of the molecule is O=C(Cn1cc(OCc2ccccc2F)c(=O)cc1CO)NCC1CCCO1. The van der Waals surface area contributed by atoms with Crippen LogP contribution in [0.3, 0.4) is 0 Å². The first-order chi connectivity index (χ1) is 13.6. The van der Waals surface area contributed by atoms with Crippen LogP contribution in [0.5, 0.6) is 5.75 Å². The summed E-state index contributed by atoms with van der Waals surface area (Å²) in [6.07, 6.45) is 3.28. The molecule has 8 heteroatoms. The maximum atomic E-state index is 13.7. The van der Waals surface area contributed by atoms with Crippen molar-refractivity contribution in [3.63, 3.8) is 0 Å². The molecule has 1 fully saturated rings. The van der Waals surface area contributed by atoms with Gasteiger partial charge in [0, 0.05) is 30.5 Å². The lowest BCUT2D eigenvalue weighted by molar-refractivity contribution is -0.122. The summed E-state index contributed by atoms with van der Waals surface area (Å²) in [7, 11) is 0. The summed E-state index contributed by atoms with van der Waals surface area (Å²) in [5.41, 5.74) is 0.154. The van der Waals surface area contributed by atoms with E-state index in [-0.39, 0.29) is 36.6 Å². The van der Waals surface area contributed by atoms with Crippen LogP contribution in [-0.2, 0) is 29.3 Å². The molecule has 1 aliphatic rings. The molecule has 1 aliphatic heterocycles. The van der Waals surface area contributed by atoms with Gasteiger partial charge >= 0.3 is 0 Å². The minimum absolute atomic E-state index is 0.0209. The summed E-state index contributed by atoms with van der Waals surface area (Å²) in [4.78, 5) is 24.4. The van der Waals surface area contributed by atoms with Crippen LogP contribution in [0, 0.1) is 5.82 Å². The fourth-order valence-electron chi connectivity index (χ4n) is 3.00. The van der Waals surface area contributed by atoms with Crippen LogP contribution in [-0.4, -0.2) is 34.8 Å². The third-order valence-electron chi connectivity index (χ3n) is 4.55. The molecule has 1 aromatic carbocycles. The zero-order chi connectivity index (χ0) is 19.9. The van der Waals surface area contributed by atoms with E-state index in [1.165, 1.54) is 22.9 Å². The van der Waals surface area contributed by atoms with E-state index in [0.29, 0.717) is 18.7 Å². The highest BCUT2D eigenvalue weighted by molar-refractivity contribution is 5.75. The molecule has 1 atom stereocenters. The Morgan fingerprint density at radius 1 is 1.39 bits per heavy atom. The minimum atomic E-state index is -0.448. The highest BCUT2D eigenvalue weighted by atomic mass is 19.1. The number of carbonyl (C=O) groups is 1. The van der Waals surface area contributed by atoms with E-state index >= 15 is 0 Å². The molecule has 1 unspecified atom stereocenters. The molecule has 1 aromatic heterocycles. The predicted octanol–water partition coefficient (Wildman–Crippen LogP) is 1.35. The summed E-state index contributed by atoms with van der Waals surface area (Å²) in [6.45, 7) is 0.522. The second-order valence-corrected chi connectivity index (χ2v) is 6.60. The number of aliphatic hydroxyl groups excluding tert-OH is 1. The van der Waals surface area contributed by atoms with Crippen LogP contribution in [0.4, 0.5) is 4.39 Å². The van der Waals surface area contributed by atoms with Crippen molar-refractivity contribution >= 4 is 5.91 Å². The first-order valence-corrected chi connectivity index (χ1v) is 9.15.